The molecule has 0 spiro atoms. The number of anilines is 2. The minimum absolute atomic E-state index is 0.0130. The van der Waals surface area contributed by atoms with E-state index in [-0.39, 0.29) is 17.2 Å². The molecule has 0 aliphatic rings. The van der Waals surface area contributed by atoms with Crippen molar-refractivity contribution >= 4 is 64.1 Å². The second-order valence-electron chi connectivity index (χ2n) is 6.34. The van der Waals surface area contributed by atoms with E-state index in [2.05, 4.69) is 15.6 Å². The van der Waals surface area contributed by atoms with Gasteiger partial charge in [0.1, 0.15) is 5.03 Å². The number of halogens is 2. The number of nitrogens with one attached hydrogen (secondary N) is 2. The molecule has 3 aromatic rings. The van der Waals surface area contributed by atoms with Gasteiger partial charge in [0.2, 0.25) is 5.91 Å². The molecular formula is C22H17Cl2N3O4S. The molecule has 0 bridgehead atoms. The molecule has 32 heavy (non-hydrogen) atoms. The maximum atomic E-state index is 12.5. The third-order valence-electron chi connectivity index (χ3n) is 3.88. The van der Waals surface area contributed by atoms with Crippen molar-refractivity contribution in [2.75, 3.05) is 23.0 Å². The second kappa shape index (κ2) is 11.5. The molecule has 1 heterocycles. The number of nitrogens with zero attached hydrogens (tertiary/aromatic N) is 1. The average molecular weight is 490 g/mol. The molecular weight excluding hydrogens is 473 g/mol. The minimum Gasteiger partial charge on any atom is -0.452 e. The van der Waals surface area contributed by atoms with E-state index < -0.39 is 18.5 Å². The fourth-order valence-electron chi connectivity index (χ4n) is 2.53. The number of carbonyl (C=O) groups excluding carboxylic acids is 3. The number of pyridine rings is 1. The third-order valence-corrected chi connectivity index (χ3v) is 5.36. The van der Waals surface area contributed by atoms with Gasteiger partial charge in [0.05, 0.1) is 11.3 Å². The van der Waals surface area contributed by atoms with Gasteiger partial charge in [-0.25, -0.2) is 9.78 Å². The van der Waals surface area contributed by atoms with E-state index in [4.69, 9.17) is 27.9 Å². The summed E-state index contributed by atoms with van der Waals surface area (Å²) in [6, 6.07) is 16.4. The van der Waals surface area contributed by atoms with Gasteiger partial charge in [0.25, 0.3) is 5.91 Å². The van der Waals surface area contributed by atoms with E-state index >= 15 is 0 Å². The van der Waals surface area contributed by atoms with Crippen molar-refractivity contribution in [2.45, 2.75) is 5.03 Å². The Morgan fingerprint density at radius 1 is 0.875 bits per heavy atom. The molecule has 0 saturated carbocycles. The predicted molar refractivity (Wildman–Crippen MR) is 125 cm³/mol. The van der Waals surface area contributed by atoms with Crippen LogP contribution in [0.2, 0.25) is 10.0 Å². The van der Waals surface area contributed by atoms with Crippen molar-refractivity contribution in [1.82, 2.24) is 4.98 Å². The van der Waals surface area contributed by atoms with Crippen LogP contribution in [0.5, 0.6) is 0 Å². The normalized spacial score (nSPS) is 10.3. The smallest absolute Gasteiger partial charge is 0.341 e. The van der Waals surface area contributed by atoms with Crippen LogP contribution in [0, 0.1) is 0 Å². The predicted octanol–water partition coefficient (Wildman–Crippen LogP) is 4.91. The SMILES string of the molecule is O=C(COC(=O)c1cccnc1SCC(=O)Nc1cccc(Cl)c1)Nc1cccc(Cl)c1. The number of benzene rings is 2. The van der Waals surface area contributed by atoms with E-state index in [0.717, 1.165) is 11.8 Å². The standard InChI is InChI=1S/C22H17Cl2N3O4S/c23-14-4-1-6-16(10-14)26-19(28)12-31-22(30)18-8-3-9-25-21(18)32-13-20(29)27-17-7-2-5-15(24)11-17/h1-11H,12-13H2,(H,26,28)(H,27,29). The Kier molecular flexibility index (Phi) is 8.49. The number of esters is 1. The molecule has 10 heteroatoms. The van der Waals surface area contributed by atoms with Crippen LogP contribution in [-0.4, -0.2) is 35.1 Å². The van der Waals surface area contributed by atoms with Crippen molar-refractivity contribution in [3.05, 3.63) is 82.5 Å². The summed E-state index contributed by atoms with van der Waals surface area (Å²) in [7, 11) is 0. The molecule has 1 aromatic heterocycles. The number of amides is 2. The molecule has 2 N–H and O–H groups in total. The highest BCUT2D eigenvalue weighted by molar-refractivity contribution is 8.00. The zero-order chi connectivity index (χ0) is 22.9. The highest BCUT2D eigenvalue weighted by atomic mass is 35.5. The van der Waals surface area contributed by atoms with Gasteiger partial charge >= 0.3 is 5.97 Å². The van der Waals surface area contributed by atoms with Crippen LogP contribution in [0.4, 0.5) is 11.4 Å². The molecule has 164 valence electrons. The molecule has 3 rings (SSSR count). The lowest BCUT2D eigenvalue weighted by Gasteiger charge is -2.09. The van der Waals surface area contributed by atoms with Crippen LogP contribution < -0.4 is 10.6 Å². The van der Waals surface area contributed by atoms with E-state index in [1.807, 2.05) is 0 Å². The lowest BCUT2D eigenvalue weighted by atomic mass is 10.3. The lowest BCUT2D eigenvalue weighted by Crippen LogP contribution is -2.21. The number of rotatable bonds is 8. The summed E-state index contributed by atoms with van der Waals surface area (Å²) in [5.74, 6) is -1.51. The summed E-state index contributed by atoms with van der Waals surface area (Å²) < 4.78 is 5.10. The highest BCUT2D eigenvalue weighted by Gasteiger charge is 2.17. The summed E-state index contributed by atoms with van der Waals surface area (Å²) in [6.07, 6.45) is 1.50. The summed E-state index contributed by atoms with van der Waals surface area (Å²) in [5.41, 5.74) is 1.21. The molecule has 0 atom stereocenters. The van der Waals surface area contributed by atoms with Gasteiger partial charge in [0.15, 0.2) is 6.61 Å². The van der Waals surface area contributed by atoms with Crippen molar-refractivity contribution in [1.29, 1.82) is 0 Å². The van der Waals surface area contributed by atoms with Crippen LogP contribution in [-0.2, 0) is 14.3 Å². The minimum atomic E-state index is -0.725. The largest absolute Gasteiger partial charge is 0.452 e. The lowest BCUT2D eigenvalue weighted by molar-refractivity contribution is -0.119. The van der Waals surface area contributed by atoms with Crippen molar-refractivity contribution in [3.63, 3.8) is 0 Å². The summed E-state index contributed by atoms with van der Waals surface area (Å²) in [4.78, 5) is 40.9. The Labute approximate surface area is 198 Å². The Morgan fingerprint density at radius 2 is 1.50 bits per heavy atom. The fourth-order valence-corrected chi connectivity index (χ4v) is 3.69. The number of hydrogen-bond donors (Lipinski definition) is 2. The molecule has 2 amide bonds. The van der Waals surface area contributed by atoms with Gasteiger partial charge in [-0.1, -0.05) is 47.1 Å². The molecule has 0 saturated heterocycles. The molecule has 0 unspecified atom stereocenters. The van der Waals surface area contributed by atoms with Crippen LogP contribution in [0.15, 0.2) is 71.9 Å². The third kappa shape index (κ3) is 7.26. The summed E-state index contributed by atoms with van der Waals surface area (Å²) in [6.45, 7) is -0.487. The second-order valence-corrected chi connectivity index (χ2v) is 8.17. The zero-order valence-corrected chi connectivity index (χ0v) is 18.8. The zero-order valence-electron chi connectivity index (χ0n) is 16.5. The number of aromatic nitrogens is 1. The van der Waals surface area contributed by atoms with E-state index in [1.54, 1.807) is 54.6 Å². The van der Waals surface area contributed by atoms with Crippen LogP contribution in [0.3, 0.4) is 0 Å². The first-order valence-corrected chi connectivity index (χ1v) is 11.0. The van der Waals surface area contributed by atoms with E-state index in [9.17, 15) is 14.4 Å². The van der Waals surface area contributed by atoms with E-state index in [0.29, 0.717) is 26.4 Å². The van der Waals surface area contributed by atoms with Crippen molar-refractivity contribution in [2.24, 2.45) is 0 Å². The Hall–Kier alpha value is -3.07. The maximum Gasteiger partial charge on any atom is 0.341 e. The summed E-state index contributed by atoms with van der Waals surface area (Å²) in [5, 5.41) is 6.59. The Morgan fingerprint density at radius 3 is 2.12 bits per heavy atom. The van der Waals surface area contributed by atoms with Crippen molar-refractivity contribution < 1.29 is 19.1 Å². The monoisotopic (exact) mass is 489 g/mol. The van der Waals surface area contributed by atoms with Gasteiger partial charge in [-0.15, -0.1) is 0 Å². The number of ether oxygens (including phenoxy) is 1. The van der Waals surface area contributed by atoms with Gasteiger partial charge < -0.3 is 15.4 Å². The molecule has 0 fully saturated rings. The topological polar surface area (TPSA) is 97.4 Å². The Bertz CT molecular complexity index is 1140. The summed E-state index contributed by atoms with van der Waals surface area (Å²) >= 11 is 12.9. The van der Waals surface area contributed by atoms with E-state index in [1.165, 1.54) is 12.3 Å². The molecule has 0 aliphatic heterocycles. The number of hydrogen-bond acceptors (Lipinski definition) is 6. The van der Waals surface area contributed by atoms with Gasteiger partial charge in [-0.05, 0) is 48.5 Å². The molecule has 7 nitrogen and oxygen atoms in total. The average Bonchev–Trinajstić information content (AvgIpc) is 2.76. The first kappa shape index (κ1) is 23.6. The first-order valence-electron chi connectivity index (χ1n) is 9.26. The fraction of sp³-hybridized carbons (Fsp3) is 0.0909. The number of thioether (sulfide) groups is 1. The maximum absolute atomic E-state index is 12.5. The van der Waals surface area contributed by atoms with Gasteiger partial charge in [-0.3, -0.25) is 9.59 Å². The quantitative estimate of drug-likeness (QED) is 0.344. The molecule has 0 radical (unpaired) electrons. The van der Waals surface area contributed by atoms with Crippen LogP contribution in [0.25, 0.3) is 0 Å². The Balaban J connectivity index is 1.53. The van der Waals surface area contributed by atoms with Gasteiger partial charge in [0, 0.05) is 27.6 Å². The van der Waals surface area contributed by atoms with Crippen LogP contribution >= 0.6 is 35.0 Å². The first-order chi connectivity index (χ1) is 15.4. The molecule has 2 aromatic carbocycles. The van der Waals surface area contributed by atoms with Crippen LogP contribution in [0.1, 0.15) is 10.4 Å². The van der Waals surface area contributed by atoms with Gasteiger partial charge in [-0.2, -0.15) is 0 Å². The molecule has 0 aliphatic carbocycles. The van der Waals surface area contributed by atoms with Crippen molar-refractivity contribution in [3.8, 4) is 0 Å². The number of carbonyl (C=O) groups is 3. The highest BCUT2D eigenvalue weighted by Crippen LogP contribution is 2.22.